The highest BCUT2D eigenvalue weighted by Crippen LogP contribution is 2.35. The first-order valence-corrected chi connectivity index (χ1v) is 10.3. The number of aromatic nitrogens is 1. The molecule has 4 aromatic rings. The molecule has 0 radical (unpaired) electrons. The van der Waals surface area contributed by atoms with Gasteiger partial charge in [-0.25, -0.2) is 4.98 Å². The zero-order chi connectivity index (χ0) is 21.1. The number of para-hydroxylation sites is 1. The second kappa shape index (κ2) is 8.59. The van der Waals surface area contributed by atoms with E-state index in [4.69, 9.17) is 9.72 Å². The van der Waals surface area contributed by atoms with Crippen molar-refractivity contribution in [2.24, 2.45) is 0 Å². The van der Waals surface area contributed by atoms with Crippen LogP contribution in [0.25, 0.3) is 21.8 Å². The monoisotopic (exact) mass is 401 g/mol. The van der Waals surface area contributed by atoms with Crippen LogP contribution in [0.4, 0.5) is 11.4 Å². The van der Waals surface area contributed by atoms with Crippen molar-refractivity contribution in [3.8, 4) is 11.5 Å². The Morgan fingerprint density at radius 3 is 2.47 bits per heavy atom. The van der Waals surface area contributed by atoms with Crippen molar-refractivity contribution in [1.82, 2.24) is 9.88 Å². The van der Waals surface area contributed by atoms with E-state index in [-0.39, 0.29) is 0 Å². The Bertz CT molecular complexity index is 1190. The summed E-state index contributed by atoms with van der Waals surface area (Å²) in [7, 11) is 1.67. The molecule has 1 aromatic heterocycles. The van der Waals surface area contributed by atoms with Gasteiger partial charge in [-0.15, -0.1) is 0 Å². The molecule has 5 heteroatoms. The first-order valence-electron chi connectivity index (χ1n) is 10.3. The van der Waals surface area contributed by atoms with Crippen molar-refractivity contribution >= 4 is 33.2 Å². The van der Waals surface area contributed by atoms with Crippen LogP contribution in [0.1, 0.15) is 19.4 Å². The number of aromatic hydroxyl groups is 1. The number of phenolic OH excluding ortho intramolecular Hbond substituents is 1. The van der Waals surface area contributed by atoms with Gasteiger partial charge in [0.2, 0.25) is 0 Å². The summed E-state index contributed by atoms with van der Waals surface area (Å²) in [5.41, 5.74) is 4.65. The Hall–Kier alpha value is -3.31. The summed E-state index contributed by atoms with van der Waals surface area (Å²) in [4.78, 5) is 7.09. The molecular weight excluding hydrogens is 374 g/mol. The van der Waals surface area contributed by atoms with Crippen LogP contribution in [-0.4, -0.2) is 35.2 Å². The zero-order valence-corrected chi connectivity index (χ0v) is 17.6. The molecule has 30 heavy (non-hydrogen) atoms. The Labute approximate surface area is 176 Å². The van der Waals surface area contributed by atoms with Crippen LogP contribution in [0.5, 0.6) is 11.5 Å². The van der Waals surface area contributed by atoms with Gasteiger partial charge in [-0.1, -0.05) is 32.0 Å². The van der Waals surface area contributed by atoms with Gasteiger partial charge in [0.1, 0.15) is 11.5 Å². The number of methoxy groups -OCH3 is 1. The molecular formula is C25H27N3O2. The average Bonchev–Trinajstić information content (AvgIpc) is 2.78. The number of hydrogen-bond acceptors (Lipinski definition) is 5. The normalized spacial score (nSPS) is 11.3. The van der Waals surface area contributed by atoms with Crippen molar-refractivity contribution in [3.63, 3.8) is 0 Å². The lowest BCUT2D eigenvalue weighted by atomic mass is 10.1. The van der Waals surface area contributed by atoms with Crippen LogP contribution in [0, 0.1) is 0 Å². The lowest BCUT2D eigenvalue weighted by Gasteiger charge is -2.20. The largest absolute Gasteiger partial charge is 0.508 e. The fourth-order valence-corrected chi connectivity index (χ4v) is 3.75. The van der Waals surface area contributed by atoms with Crippen molar-refractivity contribution in [1.29, 1.82) is 0 Å². The zero-order valence-electron chi connectivity index (χ0n) is 17.6. The molecule has 0 bridgehead atoms. The summed E-state index contributed by atoms with van der Waals surface area (Å²) < 4.78 is 5.45. The van der Waals surface area contributed by atoms with Crippen molar-refractivity contribution in [3.05, 3.63) is 66.2 Å². The summed E-state index contributed by atoms with van der Waals surface area (Å²) >= 11 is 0. The van der Waals surface area contributed by atoms with Gasteiger partial charge in [0, 0.05) is 28.6 Å². The SMILES string of the molecule is CCN(CC)Cc1cc(Nc2c3ccccc3nc3ccc(OC)cc23)ccc1O. The summed E-state index contributed by atoms with van der Waals surface area (Å²) in [5, 5.41) is 16.0. The van der Waals surface area contributed by atoms with Crippen LogP contribution in [0.3, 0.4) is 0 Å². The third kappa shape index (κ3) is 3.89. The van der Waals surface area contributed by atoms with E-state index in [0.717, 1.165) is 57.6 Å². The van der Waals surface area contributed by atoms with Crippen LogP contribution in [0.2, 0.25) is 0 Å². The standard InChI is InChI=1S/C25H27N3O2/c1-4-28(5-2)16-17-14-18(10-13-24(17)29)26-25-20-8-6-7-9-22(20)27-23-12-11-19(30-3)15-21(23)25/h6-15,29H,4-5,16H2,1-3H3,(H,26,27). The number of fused-ring (bicyclic) bond motifs is 2. The summed E-state index contributed by atoms with van der Waals surface area (Å²) in [5.74, 6) is 1.11. The molecule has 4 rings (SSSR count). The van der Waals surface area contributed by atoms with Gasteiger partial charge in [-0.3, -0.25) is 4.90 Å². The van der Waals surface area contributed by atoms with Crippen molar-refractivity contribution in [2.75, 3.05) is 25.5 Å². The van der Waals surface area contributed by atoms with E-state index in [9.17, 15) is 5.11 Å². The molecule has 0 aliphatic rings. The van der Waals surface area contributed by atoms with Crippen LogP contribution >= 0.6 is 0 Å². The Morgan fingerprint density at radius 1 is 0.933 bits per heavy atom. The maximum absolute atomic E-state index is 10.4. The fraction of sp³-hybridized carbons (Fsp3) is 0.240. The number of rotatable bonds is 7. The second-order valence-electron chi connectivity index (χ2n) is 7.32. The van der Waals surface area contributed by atoms with E-state index in [1.54, 1.807) is 13.2 Å². The maximum Gasteiger partial charge on any atom is 0.120 e. The summed E-state index contributed by atoms with van der Waals surface area (Å²) in [6.07, 6.45) is 0. The minimum atomic E-state index is 0.318. The van der Waals surface area contributed by atoms with Gasteiger partial charge in [0.25, 0.3) is 0 Å². The quantitative estimate of drug-likeness (QED) is 0.308. The van der Waals surface area contributed by atoms with Gasteiger partial charge in [0.05, 0.1) is 23.8 Å². The lowest BCUT2D eigenvalue weighted by Crippen LogP contribution is -2.22. The average molecular weight is 402 g/mol. The number of anilines is 2. The molecule has 2 N–H and O–H groups in total. The first-order chi connectivity index (χ1) is 14.6. The van der Waals surface area contributed by atoms with E-state index in [0.29, 0.717) is 12.3 Å². The van der Waals surface area contributed by atoms with Crippen molar-refractivity contribution in [2.45, 2.75) is 20.4 Å². The molecule has 0 amide bonds. The molecule has 3 aromatic carbocycles. The Morgan fingerprint density at radius 2 is 1.70 bits per heavy atom. The van der Waals surface area contributed by atoms with Gasteiger partial charge in [0.15, 0.2) is 0 Å². The van der Waals surface area contributed by atoms with E-state index >= 15 is 0 Å². The fourth-order valence-electron chi connectivity index (χ4n) is 3.75. The highest BCUT2D eigenvalue weighted by Gasteiger charge is 2.12. The summed E-state index contributed by atoms with van der Waals surface area (Å²) in [6.45, 7) is 6.84. The molecule has 0 spiro atoms. The molecule has 0 saturated heterocycles. The summed E-state index contributed by atoms with van der Waals surface area (Å²) in [6, 6.07) is 19.7. The number of benzene rings is 3. The van der Waals surface area contributed by atoms with Gasteiger partial charge >= 0.3 is 0 Å². The third-order valence-electron chi connectivity index (χ3n) is 5.52. The number of nitrogens with one attached hydrogen (secondary N) is 1. The highest BCUT2D eigenvalue weighted by molar-refractivity contribution is 6.09. The second-order valence-corrected chi connectivity index (χ2v) is 7.32. The molecule has 154 valence electrons. The number of nitrogens with zero attached hydrogens (tertiary/aromatic N) is 2. The Kier molecular flexibility index (Phi) is 5.72. The van der Waals surface area contributed by atoms with Crippen molar-refractivity contribution < 1.29 is 9.84 Å². The van der Waals surface area contributed by atoms with Gasteiger partial charge in [-0.2, -0.15) is 0 Å². The molecule has 0 fully saturated rings. The van der Waals surface area contributed by atoms with Crippen LogP contribution < -0.4 is 10.1 Å². The maximum atomic E-state index is 10.4. The Balaban J connectivity index is 1.82. The first kappa shape index (κ1) is 20.0. The number of ether oxygens (including phenoxy) is 1. The number of phenols is 1. The molecule has 0 atom stereocenters. The number of pyridine rings is 1. The van der Waals surface area contributed by atoms with E-state index in [1.165, 1.54) is 0 Å². The van der Waals surface area contributed by atoms with E-state index in [2.05, 4.69) is 30.1 Å². The molecule has 1 heterocycles. The lowest BCUT2D eigenvalue weighted by molar-refractivity contribution is 0.291. The molecule has 5 nitrogen and oxygen atoms in total. The third-order valence-corrected chi connectivity index (χ3v) is 5.52. The predicted octanol–water partition coefficient (Wildman–Crippen LogP) is 5.69. The minimum Gasteiger partial charge on any atom is -0.508 e. The topological polar surface area (TPSA) is 57.6 Å². The van der Waals surface area contributed by atoms with E-state index < -0.39 is 0 Å². The van der Waals surface area contributed by atoms with Gasteiger partial charge < -0.3 is 15.2 Å². The predicted molar refractivity (Wildman–Crippen MR) is 124 cm³/mol. The van der Waals surface area contributed by atoms with Gasteiger partial charge in [-0.05, 0) is 55.6 Å². The highest BCUT2D eigenvalue weighted by atomic mass is 16.5. The molecule has 0 aliphatic carbocycles. The van der Waals surface area contributed by atoms with Crippen LogP contribution in [0.15, 0.2) is 60.7 Å². The molecule has 0 unspecified atom stereocenters. The number of hydrogen-bond donors (Lipinski definition) is 2. The molecule has 0 aliphatic heterocycles. The minimum absolute atomic E-state index is 0.318. The smallest absolute Gasteiger partial charge is 0.120 e. The van der Waals surface area contributed by atoms with E-state index in [1.807, 2.05) is 48.5 Å². The molecule has 0 saturated carbocycles. The van der Waals surface area contributed by atoms with Crippen LogP contribution in [-0.2, 0) is 6.54 Å².